The van der Waals surface area contributed by atoms with E-state index in [0.29, 0.717) is 0 Å². The fraction of sp³-hybridized carbons (Fsp3) is 0.118. The van der Waals surface area contributed by atoms with Gasteiger partial charge in [0.25, 0.3) is 0 Å². The van der Waals surface area contributed by atoms with Crippen molar-refractivity contribution in [2.45, 2.75) is 11.8 Å². The van der Waals surface area contributed by atoms with Crippen LogP contribution in [0.4, 0.5) is 0 Å². The molecule has 0 aromatic heterocycles. The zero-order valence-corrected chi connectivity index (χ0v) is 13.1. The predicted molar refractivity (Wildman–Crippen MR) is 89.4 cm³/mol. The fourth-order valence-corrected chi connectivity index (χ4v) is 3.18. The molecule has 0 atom stereocenters. The van der Waals surface area contributed by atoms with E-state index < -0.39 is 0 Å². The second-order valence-electron chi connectivity index (χ2n) is 4.31. The van der Waals surface area contributed by atoms with Crippen LogP contribution < -0.4 is 0 Å². The summed E-state index contributed by atoms with van der Waals surface area (Å²) >= 11 is 3.21. The number of thioether (sulfide) groups is 2. The Labute approximate surface area is 128 Å². The first-order valence-corrected chi connectivity index (χ1v) is 8.33. The third-order valence-electron chi connectivity index (χ3n) is 2.75. The molecule has 0 unspecified atom stereocenters. The Balaban J connectivity index is 2.14. The number of benzene rings is 2. The van der Waals surface area contributed by atoms with Gasteiger partial charge < -0.3 is 0 Å². The van der Waals surface area contributed by atoms with E-state index in [4.69, 9.17) is 0 Å². The summed E-state index contributed by atoms with van der Waals surface area (Å²) in [5, 5.41) is 0. The highest BCUT2D eigenvalue weighted by atomic mass is 32.2. The van der Waals surface area contributed by atoms with Gasteiger partial charge in [-0.2, -0.15) is 0 Å². The molecule has 3 heteroatoms. The second kappa shape index (κ2) is 7.36. The predicted octanol–water partition coefficient (Wildman–Crippen LogP) is 5.17. The summed E-state index contributed by atoms with van der Waals surface area (Å²) in [5.41, 5.74) is 1.89. The molecule has 0 aliphatic heterocycles. The quantitative estimate of drug-likeness (QED) is 0.430. The molecule has 0 spiro atoms. The fourth-order valence-electron chi connectivity index (χ4n) is 1.64. The number of rotatable bonds is 5. The first-order valence-electron chi connectivity index (χ1n) is 6.28. The Morgan fingerprint density at radius 1 is 1.00 bits per heavy atom. The summed E-state index contributed by atoms with van der Waals surface area (Å²) in [4.78, 5) is 13.4. The second-order valence-corrected chi connectivity index (χ2v) is 6.53. The molecular formula is C17H16OS2. The van der Waals surface area contributed by atoms with Crippen LogP contribution in [0.5, 0.6) is 0 Å². The molecule has 2 rings (SSSR count). The SMILES string of the molecule is CS/C(=C\C(=O)c1ccc(C)cc1)Sc1ccccc1. The van der Waals surface area contributed by atoms with Crippen LogP contribution >= 0.6 is 23.5 Å². The van der Waals surface area contributed by atoms with E-state index in [9.17, 15) is 4.79 Å². The average Bonchev–Trinajstić information content (AvgIpc) is 2.48. The molecule has 0 amide bonds. The first kappa shape index (κ1) is 14.9. The number of carbonyl (C=O) groups excluding carboxylic acids is 1. The molecule has 0 aliphatic carbocycles. The van der Waals surface area contributed by atoms with Crippen molar-refractivity contribution in [3.05, 3.63) is 76.0 Å². The van der Waals surface area contributed by atoms with E-state index in [2.05, 4.69) is 0 Å². The number of ketones is 1. The highest BCUT2D eigenvalue weighted by Crippen LogP contribution is 2.33. The van der Waals surface area contributed by atoms with Crippen molar-refractivity contribution in [1.29, 1.82) is 0 Å². The highest BCUT2D eigenvalue weighted by Gasteiger charge is 2.06. The largest absolute Gasteiger partial charge is 0.289 e. The lowest BCUT2D eigenvalue weighted by atomic mass is 10.1. The molecule has 0 saturated carbocycles. The number of carbonyl (C=O) groups is 1. The molecule has 2 aromatic carbocycles. The van der Waals surface area contributed by atoms with Crippen molar-refractivity contribution in [2.75, 3.05) is 6.26 Å². The monoisotopic (exact) mass is 300 g/mol. The minimum absolute atomic E-state index is 0.0535. The maximum Gasteiger partial charge on any atom is 0.187 e. The molecule has 2 aromatic rings. The Morgan fingerprint density at radius 3 is 2.25 bits per heavy atom. The molecule has 0 radical (unpaired) electrons. The summed E-state index contributed by atoms with van der Waals surface area (Å²) in [5.74, 6) is 0.0535. The standard InChI is InChI=1S/C17H16OS2/c1-13-8-10-14(11-9-13)16(18)12-17(19-2)20-15-6-4-3-5-7-15/h3-12H,1-2H3/b17-12+. The van der Waals surface area contributed by atoms with Gasteiger partial charge in [0.2, 0.25) is 0 Å². The van der Waals surface area contributed by atoms with Gasteiger partial charge in [0.15, 0.2) is 5.78 Å². The van der Waals surface area contributed by atoms with Gasteiger partial charge in [-0.15, -0.1) is 11.8 Å². The highest BCUT2D eigenvalue weighted by molar-refractivity contribution is 8.22. The van der Waals surface area contributed by atoms with Crippen LogP contribution in [-0.2, 0) is 0 Å². The molecule has 0 aliphatic rings. The summed E-state index contributed by atoms with van der Waals surface area (Å²) in [7, 11) is 0. The van der Waals surface area contributed by atoms with E-state index in [1.54, 1.807) is 29.6 Å². The van der Waals surface area contributed by atoms with E-state index in [1.807, 2.05) is 67.8 Å². The summed E-state index contributed by atoms with van der Waals surface area (Å²) < 4.78 is 1.00. The van der Waals surface area contributed by atoms with Crippen molar-refractivity contribution in [2.24, 2.45) is 0 Å². The Kier molecular flexibility index (Phi) is 5.50. The maximum atomic E-state index is 12.2. The van der Waals surface area contributed by atoms with Crippen LogP contribution in [0.25, 0.3) is 0 Å². The Bertz CT molecular complexity index is 601. The normalized spacial score (nSPS) is 11.4. The van der Waals surface area contributed by atoms with Crippen LogP contribution in [0, 0.1) is 6.92 Å². The van der Waals surface area contributed by atoms with Gasteiger partial charge in [0.1, 0.15) is 0 Å². The lowest BCUT2D eigenvalue weighted by molar-refractivity contribution is 0.104. The number of aryl methyl sites for hydroxylation is 1. The Hall–Kier alpha value is -1.45. The van der Waals surface area contributed by atoms with Gasteiger partial charge in [-0.05, 0) is 25.3 Å². The number of hydrogen-bond acceptors (Lipinski definition) is 3. The number of allylic oxidation sites excluding steroid dienone is 1. The van der Waals surface area contributed by atoms with Gasteiger partial charge >= 0.3 is 0 Å². The van der Waals surface area contributed by atoms with Crippen molar-refractivity contribution < 1.29 is 4.79 Å². The molecular weight excluding hydrogens is 284 g/mol. The minimum Gasteiger partial charge on any atom is -0.289 e. The molecule has 20 heavy (non-hydrogen) atoms. The molecule has 0 N–H and O–H groups in total. The van der Waals surface area contributed by atoms with Gasteiger partial charge in [0, 0.05) is 20.8 Å². The van der Waals surface area contributed by atoms with Crippen LogP contribution in [0.1, 0.15) is 15.9 Å². The smallest absolute Gasteiger partial charge is 0.187 e. The van der Waals surface area contributed by atoms with Crippen LogP contribution in [0.2, 0.25) is 0 Å². The van der Waals surface area contributed by atoms with Crippen LogP contribution in [0.3, 0.4) is 0 Å². The lowest BCUT2D eigenvalue weighted by Crippen LogP contribution is -1.94. The molecule has 0 fully saturated rings. The van der Waals surface area contributed by atoms with E-state index in [-0.39, 0.29) is 5.78 Å². The topological polar surface area (TPSA) is 17.1 Å². The molecule has 1 nitrogen and oxygen atoms in total. The van der Waals surface area contributed by atoms with Crippen molar-refractivity contribution in [3.8, 4) is 0 Å². The van der Waals surface area contributed by atoms with Crippen LogP contribution in [0.15, 0.2) is 69.8 Å². The third kappa shape index (κ3) is 4.29. The van der Waals surface area contributed by atoms with Crippen molar-refractivity contribution in [3.63, 3.8) is 0 Å². The first-order chi connectivity index (χ1) is 9.69. The summed E-state index contributed by atoms with van der Waals surface area (Å²) in [6, 6.07) is 17.8. The maximum absolute atomic E-state index is 12.2. The van der Waals surface area contributed by atoms with Crippen molar-refractivity contribution >= 4 is 29.3 Å². The molecule has 0 heterocycles. The Morgan fingerprint density at radius 2 is 1.65 bits per heavy atom. The van der Waals surface area contributed by atoms with E-state index in [0.717, 1.165) is 20.3 Å². The summed E-state index contributed by atoms with van der Waals surface area (Å²) in [6.07, 6.45) is 3.71. The zero-order chi connectivity index (χ0) is 14.4. The van der Waals surface area contributed by atoms with Gasteiger partial charge in [-0.1, -0.05) is 59.8 Å². The van der Waals surface area contributed by atoms with E-state index >= 15 is 0 Å². The molecule has 102 valence electrons. The minimum atomic E-state index is 0.0535. The number of hydrogen-bond donors (Lipinski definition) is 0. The van der Waals surface area contributed by atoms with Crippen LogP contribution in [-0.4, -0.2) is 12.0 Å². The lowest BCUT2D eigenvalue weighted by Gasteiger charge is -2.04. The van der Waals surface area contributed by atoms with Gasteiger partial charge in [0.05, 0.1) is 0 Å². The zero-order valence-electron chi connectivity index (χ0n) is 11.5. The van der Waals surface area contributed by atoms with Gasteiger partial charge in [-0.25, -0.2) is 0 Å². The summed E-state index contributed by atoms with van der Waals surface area (Å²) in [6.45, 7) is 2.02. The van der Waals surface area contributed by atoms with Gasteiger partial charge in [-0.3, -0.25) is 4.79 Å². The molecule has 0 saturated heterocycles. The van der Waals surface area contributed by atoms with E-state index in [1.165, 1.54) is 0 Å². The third-order valence-corrected chi connectivity index (χ3v) is 4.84. The molecule has 0 bridgehead atoms. The average molecular weight is 300 g/mol. The van der Waals surface area contributed by atoms with Crippen molar-refractivity contribution in [1.82, 2.24) is 0 Å².